The number of nitriles is 1. The largest absolute Gasteiger partial charge is 0.417 e. The summed E-state index contributed by atoms with van der Waals surface area (Å²) in [5, 5.41) is 8.97. The number of carbonyl (C=O) groups excluding carboxylic acids is 2. The van der Waals surface area contributed by atoms with E-state index in [1.165, 1.54) is 17.9 Å². The first-order valence-corrected chi connectivity index (χ1v) is 9.82. The zero-order valence-corrected chi connectivity index (χ0v) is 17.3. The second-order valence-corrected chi connectivity index (χ2v) is 8.43. The highest BCUT2D eigenvalue weighted by molar-refractivity contribution is 5.87. The summed E-state index contributed by atoms with van der Waals surface area (Å²) < 4.78 is 39.8. The molecule has 2 aliphatic heterocycles. The van der Waals surface area contributed by atoms with E-state index < -0.39 is 23.3 Å². The Labute approximate surface area is 173 Å². The zero-order valence-electron chi connectivity index (χ0n) is 17.3. The van der Waals surface area contributed by atoms with E-state index in [1.807, 2.05) is 4.90 Å². The van der Waals surface area contributed by atoms with Gasteiger partial charge in [-0.25, -0.2) is 0 Å². The summed E-state index contributed by atoms with van der Waals surface area (Å²) in [6.45, 7) is 3.00. The fourth-order valence-electron chi connectivity index (χ4n) is 4.57. The van der Waals surface area contributed by atoms with Crippen LogP contribution in [0.2, 0.25) is 0 Å². The molecule has 2 amide bonds. The number of likely N-dealkylation sites (N-methyl/N-ethyl adjacent to an activating group) is 1. The third-order valence-corrected chi connectivity index (χ3v) is 6.26. The molecule has 0 bridgehead atoms. The van der Waals surface area contributed by atoms with Crippen LogP contribution < -0.4 is 4.90 Å². The maximum absolute atomic E-state index is 13.3. The van der Waals surface area contributed by atoms with Crippen LogP contribution in [0.25, 0.3) is 0 Å². The van der Waals surface area contributed by atoms with E-state index in [1.54, 1.807) is 31.1 Å². The van der Waals surface area contributed by atoms with Gasteiger partial charge in [0.05, 0.1) is 17.2 Å². The molecule has 9 heteroatoms. The SMILES string of the molecule is CC(=O)N1CC2(CCN(c3ccc(C#N)c(C(F)(F)F)c3)CC2)CC1C(=O)N(C)C. The summed E-state index contributed by atoms with van der Waals surface area (Å²) in [4.78, 5) is 29.6. The van der Waals surface area contributed by atoms with Gasteiger partial charge in [0, 0.05) is 46.3 Å². The van der Waals surface area contributed by atoms with Crippen LogP contribution in [0.4, 0.5) is 18.9 Å². The number of alkyl halides is 3. The lowest BCUT2D eigenvalue weighted by Gasteiger charge is -2.40. The van der Waals surface area contributed by atoms with Gasteiger partial charge in [-0.05, 0) is 42.9 Å². The predicted octanol–water partition coefficient (Wildman–Crippen LogP) is 2.87. The summed E-state index contributed by atoms with van der Waals surface area (Å²) in [6.07, 6.45) is -2.67. The Bertz CT molecular complexity index is 883. The second-order valence-electron chi connectivity index (χ2n) is 8.43. The van der Waals surface area contributed by atoms with Crippen molar-refractivity contribution in [1.82, 2.24) is 9.80 Å². The molecule has 1 aromatic carbocycles. The van der Waals surface area contributed by atoms with Crippen LogP contribution in [0.3, 0.4) is 0 Å². The fourth-order valence-corrected chi connectivity index (χ4v) is 4.57. The van der Waals surface area contributed by atoms with Gasteiger partial charge in [-0.2, -0.15) is 18.4 Å². The number of nitrogens with zero attached hydrogens (tertiary/aromatic N) is 4. The first-order valence-electron chi connectivity index (χ1n) is 9.82. The lowest BCUT2D eigenvalue weighted by Crippen LogP contribution is -2.44. The molecule has 162 valence electrons. The lowest BCUT2D eigenvalue weighted by molar-refractivity contribution is -0.141. The maximum Gasteiger partial charge on any atom is 0.417 e. The zero-order chi connectivity index (χ0) is 22.3. The van der Waals surface area contributed by atoms with Crippen LogP contribution in [0.1, 0.15) is 37.3 Å². The van der Waals surface area contributed by atoms with Crippen LogP contribution in [0.5, 0.6) is 0 Å². The van der Waals surface area contributed by atoms with Gasteiger partial charge in [-0.1, -0.05) is 0 Å². The molecule has 0 saturated carbocycles. The summed E-state index contributed by atoms with van der Waals surface area (Å²) >= 11 is 0. The number of rotatable bonds is 2. The van der Waals surface area contributed by atoms with E-state index in [0.29, 0.717) is 44.6 Å². The molecular weight excluding hydrogens is 397 g/mol. The summed E-state index contributed by atoms with van der Waals surface area (Å²) in [6, 6.07) is 4.90. The van der Waals surface area contributed by atoms with Gasteiger partial charge in [0.1, 0.15) is 6.04 Å². The van der Waals surface area contributed by atoms with E-state index in [0.717, 1.165) is 6.07 Å². The smallest absolute Gasteiger partial charge is 0.371 e. The number of halogens is 3. The number of hydrogen-bond donors (Lipinski definition) is 0. The van der Waals surface area contributed by atoms with E-state index in [9.17, 15) is 22.8 Å². The average Bonchev–Trinajstić information content (AvgIpc) is 3.06. The molecule has 1 unspecified atom stereocenters. The molecule has 1 atom stereocenters. The van der Waals surface area contributed by atoms with Gasteiger partial charge in [0.15, 0.2) is 0 Å². The van der Waals surface area contributed by atoms with Gasteiger partial charge < -0.3 is 14.7 Å². The van der Waals surface area contributed by atoms with Crippen molar-refractivity contribution in [3.63, 3.8) is 0 Å². The summed E-state index contributed by atoms with van der Waals surface area (Å²) in [5.41, 5.74) is -1.10. The van der Waals surface area contributed by atoms with Crippen molar-refractivity contribution in [2.75, 3.05) is 38.6 Å². The Morgan fingerprint density at radius 3 is 2.37 bits per heavy atom. The molecular formula is C21H25F3N4O2. The minimum Gasteiger partial charge on any atom is -0.371 e. The predicted molar refractivity (Wildman–Crippen MR) is 105 cm³/mol. The Morgan fingerprint density at radius 2 is 1.87 bits per heavy atom. The van der Waals surface area contributed by atoms with Crippen molar-refractivity contribution in [2.24, 2.45) is 5.41 Å². The Kier molecular flexibility index (Phi) is 5.72. The number of anilines is 1. The van der Waals surface area contributed by atoms with Crippen molar-refractivity contribution < 1.29 is 22.8 Å². The lowest BCUT2D eigenvalue weighted by atomic mass is 9.76. The highest BCUT2D eigenvalue weighted by Gasteiger charge is 2.49. The van der Waals surface area contributed by atoms with E-state index >= 15 is 0 Å². The third-order valence-electron chi connectivity index (χ3n) is 6.26. The molecule has 1 spiro atoms. The van der Waals surface area contributed by atoms with Gasteiger partial charge in [-0.3, -0.25) is 9.59 Å². The maximum atomic E-state index is 13.3. The number of carbonyl (C=O) groups is 2. The summed E-state index contributed by atoms with van der Waals surface area (Å²) in [7, 11) is 3.33. The molecule has 2 saturated heterocycles. The van der Waals surface area contributed by atoms with Crippen LogP contribution in [-0.2, 0) is 15.8 Å². The molecule has 1 aromatic rings. The number of benzene rings is 1. The molecule has 0 radical (unpaired) electrons. The van der Waals surface area contributed by atoms with E-state index in [4.69, 9.17) is 5.26 Å². The van der Waals surface area contributed by atoms with Crippen molar-refractivity contribution >= 4 is 17.5 Å². The molecule has 0 aromatic heterocycles. The molecule has 6 nitrogen and oxygen atoms in total. The highest BCUT2D eigenvalue weighted by Crippen LogP contribution is 2.45. The third kappa shape index (κ3) is 4.09. The molecule has 3 rings (SSSR count). The van der Waals surface area contributed by atoms with Gasteiger partial charge in [-0.15, -0.1) is 0 Å². The normalized spacial score (nSPS) is 20.9. The Morgan fingerprint density at radius 1 is 1.23 bits per heavy atom. The molecule has 2 fully saturated rings. The Hall–Kier alpha value is -2.76. The van der Waals surface area contributed by atoms with Crippen LogP contribution in [-0.4, -0.2) is 61.4 Å². The molecule has 0 N–H and O–H groups in total. The van der Waals surface area contributed by atoms with Crippen LogP contribution in [0.15, 0.2) is 18.2 Å². The summed E-state index contributed by atoms with van der Waals surface area (Å²) in [5.74, 6) is -0.247. The fraction of sp³-hybridized carbons (Fsp3) is 0.571. The number of amides is 2. The first kappa shape index (κ1) is 21.9. The minimum absolute atomic E-state index is 0.105. The number of piperidine rings is 1. The monoisotopic (exact) mass is 422 g/mol. The second kappa shape index (κ2) is 7.82. The number of hydrogen-bond acceptors (Lipinski definition) is 4. The van der Waals surface area contributed by atoms with Crippen LogP contribution in [0, 0.1) is 16.7 Å². The molecule has 2 aliphatic rings. The highest BCUT2D eigenvalue weighted by atomic mass is 19.4. The average molecular weight is 422 g/mol. The molecule has 2 heterocycles. The van der Waals surface area contributed by atoms with Crippen molar-refractivity contribution in [3.8, 4) is 6.07 Å². The standard InChI is InChI=1S/C21H25F3N4O2/c1-14(29)28-13-20(11-18(28)19(30)26(2)3)6-8-27(9-7-20)16-5-4-15(12-25)17(10-16)21(22,23)24/h4-5,10,18H,6-9,11,13H2,1-3H3. The van der Waals surface area contributed by atoms with E-state index in [2.05, 4.69) is 0 Å². The Balaban J connectivity index is 1.77. The van der Waals surface area contributed by atoms with Gasteiger partial charge in [0.2, 0.25) is 11.8 Å². The van der Waals surface area contributed by atoms with Crippen molar-refractivity contribution in [2.45, 2.75) is 38.4 Å². The topological polar surface area (TPSA) is 67.6 Å². The van der Waals surface area contributed by atoms with Gasteiger partial charge >= 0.3 is 6.18 Å². The van der Waals surface area contributed by atoms with Gasteiger partial charge in [0.25, 0.3) is 0 Å². The first-order chi connectivity index (χ1) is 14.0. The van der Waals surface area contributed by atoms with Crippen molar-refractivity contribution in [3.05, 3.63) is 29.3 Å². The van der Waals surface area contributed by atoms with Crippen LogP contribution >= 0.6 is 0 Å². The molecule has 30 heavy (non-hydrogen) atoms. The minimum atomic E-state index is -4.59. The number of likely N-dealkylation sites (tertiary alicyclic amines) is 1. The van der Waals surface area contributed by atoms with Crippen molar-refractivity contribution in [1.29, 1.82) is 5.26 Å². The molecule has 0 aliphatic carbocycles. The van der Waals surface area contributed by atoms with E-state index in [-0.39, 0.29) is 17.2 Å². The quantitative estimate of drug-likeness (QED) is 0.735.